The van der Waals surface area contributed by atoms with Crippen molar-refractivity contribution in [3.63, 3.8) is 0 Å². The molecule has 3 aromatic rings. The summed E-state index contributed by atoms with van der Waals surface area (Å²) in [4.78, 5) is 15.2. The third-order valence-electron chi connectivity index (χ3n) is 3.99. The maximum Gasteiger partial charge on any atom is 0.344 e. The van der Waals surface area contributed by atoms with E-state index < -0.39 is 12.1 Å². The van der Waals surface area contributed by atoms with Crippen molar-refractivity contribution in [2.24, 2.45) is 7.05 Å². The number of carboxylic acid groups (broad SMARTS) is 1. The quantitative estimate of drug-likeness (QED) is 0.712. The van der Waals surface area contributed by atoms with Crippen LogP contribution in [0.1, 0.15) is 12.5 Å². The zero-order valence-electron chi connectivity index (χ0n) is 14.7. The van der Waals surface area contributed by atoms with Gasteiger partial charge in [0.2, 0.25) is 0 Å². The summed E-state index contributed by atoms with van der Waals surface area (Å²) in [5.41, 5.74) is 9.02. The Balaban J connectivity index is 2.01. The molecule has 1 unspecified atom stereocenters. The summed E-state index contributed by atoms with van der Waals surface area (Å²) in [5, 5.41) is 22.5. The van der Waals surface area contributed by atoms with Crippen LogP contribution in [0.3, 0.4) is 0 Å². The van der Waals surface area contributed by atoms with Gasteiger partial charge in [0, 0.05) is 24.4 Å². The molecule has 0 radical (unpaired) electrons. The fourth-order valence-electron chi connectivity index (χ4n) is 2.58. The van der Waals surface area contributed by atoms with Gasteiger partial charge in [-0.15, -0.1) is 0 Å². The molecule has 1 atom stereocenters. The molecule has 1 aromatic carbocycles. The van der Waals surface area contributed by atoms with E-state index >= 15 is 0 Å². The van der Waals surface area contributed by atoms with Crippen LogP contribution in [0.2, 0.25) is 0 Å². The highest BCUT2D eigenvalue weighted by atomic mass is 16.5. The number of aryl methyl sites for hydroxylation is 1. The molecule has 2 aromatic heterocycles. The van der Waals surface area contributed by atoms with E-state index in [4.69, 9.17) is 15.6 Å². The lowest BCUT2D eigenvalue weighted by Crippen LogP contribution is -2.22. The Morgan fingerprint density at radius 1 is 1.33 bits per heavy atom. The van der Waals surface area contributed by atoms with E-state index in [2.05, 4.69) is 16.2 Å². The number of pyridine rings is 1. The summed E-state index contributed by atoms with van der Waals surface area (Å²) in [6.45, 7) is 1.45. The molecule has 136 valence electrons. The molecule has 0 saturated heterocycles. The van der Waals surface area contributed by atoms with Crippen LogP contribution in [0.25, 0.3) is 22.4 Å². The number of hydrogen-bond donors (Lipinski definition) is 2. The standard InChI is InChI=1S/C19H17N5O3/c1-11(19(25)26)27-14-5-3-12(4-6-14)15-7-17(13-9-22-24(2)10-13)23-18(21)16(15)8-20/h3-7,9-11H,1-2H3,(H2,21,23)(H,25,26). The van der Waals surface area contributed by atoms with Gasteiger partial charge in [-0.3, -0.25) is 4.68 Å². The van der Waals surface area contributed by atoms with E-state index in [0.29, 0.717) is 17.0 Å². The smallest absolute Gasteiger partial charge is 0.344 e. The normalized spacial score (nSPS) is 11.6. The molecule has 0 spiro atoms. The van der Waals surface area contributed by atoms with Crippen molar-refractivity contribution in [2.45, 2.75) is 13.0 Å². The van der Waals surface area contributed by atoms with Crippen LogP contribution in [0, 0.1) is 11.3 Å². The van der Waals surface area contributed by atoms with Crippen molar-refractivity contribution in [1.29, 1.82) is 5.26 Å². The number of carboxylic acids is 1. The minimum Gasteiger partial charge on any atom is -0.479 e. The Bertz CT molecular complexity index is 1030. The fourth-order valence-corrected chi connectivity index (χ4v) is 2.58. The molecule has 8 nitrogen and oxygen atoms in total. The van der Waals surface area contributed by atoms with Crippen LogP contribution in [-0.2, 0) is 11.8 Å². The SMILES string of the molecule is CC(Oc1ccc(-c2cc(-c3cnn(C)c3)nc(N)c2C#N)cc1)C(=O)O. The highest BCUT2D eigenvalue weighted by Crippen LogP contribution is 2.32. The number of aromatic nitrogens is 3. The molecule has 0 aliphatic carbocycles. The van der Waals surface area contributed by atoms with Gasteiger partial charge >= 0.3 is 5.97 Å². The first-order chi connectivity index (χ1) is 12.9. The number of nitrogens with two attached hydrogens (primary N) is 1. The molecule has 0 saturated carbocycles. The van der Waals surface area contributed by atoms with Gasteiger partial charge in [-0.25, -0.2) is 9.78 Å². The van der Waals surface area contributed by atoms with Crippen molar-refractivity contribution in [2.75, 3.05) is 5.73 Å². The van der Waals surface area contributed by atoms with Gasteiger partial charge < -0.3 is 15.6 Å². The van der Waals surface area contributed by atoms with Gasteiger partial charge in [-0.05, 0) is 30.7 Å². The molecule has 8 heteroatoms. The molecule has 3 N–H and O–H groups in total. The van der Waals surface area contributed by atoms with E-state index in [1.165, 1.54) is 6.92 Å². The lowest BCUT2D eigenvalue weighted by atomic mass is 9.99. The van der Waals surface area contributed by atoms with E-state index in [9.17, 15) is 10.1 Å². The lowest BCUT2D eigenvalue weighted by Gasteiger charge is -2.12. The Morgan fingerprint density at radius 3 is 2.59 bits per heavy atom. The van der Waals surface area contributed by atoms with E-state index in [-0.39, 0.29) is 11.4 Å². The second kappa shape index (κ2) is 7.17. The van der Waals surface area contributed by atoms with Crippen molar-refractivity contribution in [3.8, 4) is 34.2 Å². The van der Waals surface area contributed by atoms with Gasteiger partial charge in [0.25, 0.3) is 0 Å². The number of aliphatic carboxylic acids is 1. The van der Waals surface area contributed by atoms with Crippen LogP contribution < -0.4 is 10.5 Å². The number of benzene rings is 1. The predicted octanol–water partition coefficient (Wildman–Crippen LogP) is 2.45. The second-order valence-electron chi connectivity index (χ2n) is 5.95. The van der Waals surface area contributed by atoms with Crippen LogP contribution in [0.15, 0.2) is 42.7 Å². The van der Waals surface area contributed by atoms with Gasteiger partial charge in [-0.2, -0.15) is 10.4 Å². The molecular weight excluding hydrogens is 346 g/mol. The third-order valence-corrected chi connectivity index (χ3v) is 3.99. The number of ether oxygens (including phenoxy) is 1. The molecular formula is C19H17N5O3. The zero-order valence-corrected chi connectivity index (χ0v) is 14.7. The number of carbonyl (C=O) groups is 1. The predicted molar refractivity (Wildman–Crippen MR) is 98.7 cm³/mol. The zero-order chi connectivity index (χ0) is 19.6. The molecule has 27 heavy (non-hydrogen) atoms. The first kappa shape index (κ1) is 17.9. The number of hydrogen-bond acceptors (Lipinski definition) is 6. The third kappa shape index (κ3) is 3.72. The molecule has 0 aliphatic rings. The monoisotopic (exact) mass is 363 g/mol. The van der Waals surface area contributed by atoms with Gasteiger partial charge in [-0.1, -0.05) is 12.1 Å². The Labute approximate surface area is 155 Å². The molecule has 0 aliphatic heterocycles. The Hall–Kier alpha value is -3.86. The number of nitriles is 1. The lowest BCUT2D eigenvalue weighted by molar-refractivity contribution is -0.144. The van der Waals surface area contributed by atoms with Crippen LogP contribution >= 0.6 is 0 Å². The van der Waals surface area contributed by atoms with Crippen molar-refractivity contribution in [3.05, 3.63) is 48.3 Å². The van der Waals surface area contributed by atoms with Gasteiger partial charge in [0.15, 0.2) is 6.10 Å². The number of anilines is 1. The largest absolute Gasteiger partial charge is 0.479 e. The Morgan fingerprint density at radius 2 is 2.04 bits per heavy atom. The topological polar surface area (TPSA) is 127 Å². The summed E-state index contributed by atoms with van der Waals surface area (Å²) in [6, 6.07) is 10.7. The summed E-state index contributed by atoms with van der Waals surface area (Å²) < 4.78 is 6.98. The fraction of sp³-hybridized carbons (Fsp3) is 0.158. The number of nitrogen functional groups attached to an aromatic ring is 1. The number of nitrogens with zero attached hydrogens (tertiary/aromatic N) is 4. The first-order valence-electron chi connectivity index (χ1n) is 8.08. The molecule has 2 heterocycles. The highest BCUT2D eigenvalue weighted by Gasteiger charge is 2.15. The van der Waals surface area contributed by atoms with Crippen molar-refractivity contribution in [1.82, 2.24) is 14.8 Å². The molecule has 3 rings (SSSR count). The average molecular weight is 363 g/mol. The van der Waals surface area contributed by atoms with E-state index in [1.54, 1.807) is 48.3 Å². The molecule has 0 amide bonds. The van der Waals surface area contributed by atoms with Gasteiger partial charge in [0.1, 0.15) is 23.2 Å². The summed E-state index contributed by atoms with van der Waals surface area (Å²) in [5.74, 6) is -0.496. The summed E-state index contributed by atoms with van der Waals surface area (Å²) in [6.07, 6.45) is 2.52. The van der Waals surface area contributed by atoms with Gasteiger partial charge in [0.05, 0.1) is 11.9 Å². The minimum atomic E-state index is -1.05. The van der Waals surface area contributed by atoms with Crippen molar-refractivity contribution >= 4 is 11.8 Å². The summed E-state index contributed by atoms with van der Waals surface area (Å²) >= 11 is 0. The molecule has 0 bridgehead atoms. The van der Waals surface area contributed by atoms with E-state index in [1.807, 2.05) is 6.20 Å². The molecule has 0 fully saturated rings. The minimum absolute atomic E-state index is 0.133. The maximum absolute atomic E-state index is 10.9. The van der Waals surface area contributed by atoms with Crippen LogP contribution in [0.5, 0.6) is 5.75 Å². The summed E-state index contributed by atoms with van der Waals surface area (Å²) in [7, 11) is 1.80. The number of rotatable bonds is 5. The Kier molecular flexibility index (Phi) is 4.77. The average Bonchev–Trinajstić information content (AvgIpc) is 3.08. The van der Waals surface area contributed by atoms with E-state index in [0.717, 1.165) is 11.1 Å². The van der Waals surface area contributed by atoms with Crippen molar-refractivity contribution < 1.29 is 14.6 Å². The first-order valence-corrected chi connectivity index (χ1v) is 8.08. The van der Waals surface area contributed by atoms with Crippen LogP contribution in [-0.4, -0.2) is 31.9 Å². The highest BCUT2D eigenvalue weighted by molar-refractivity contribution is 5.80. The maximum atomic E-state index is 10.9. The van der Waals surface area contributed by atoms with Crippen LogP contribution in [0.4, 0.5) is 5.82 Å². The second-order valence-corrected chi connectivity index (χ2v) is 5.95.